The Bertz CT molecular complexity index is 1090. The number of benzene rings is 2. The van der Waals surface area contributed by atoms with Crippen molar-refractivity contribution in [1.82, 2.24) is 10.1 Å². The molecule has 5 nitrogen and oxygen atoms in total. The third kappa shape index (κ3) is 3.81. The highest BCUT2D eigenvalue weighted by atomic mass is 32.1. The summed E-state index contributed by atoms with van der Waals surface area (Å²) in [5, 5.41) is 13.5. The first-order valence-electron chi connectivity index (χ1n) is 8.76. The smallest absolute Gasteiger partial charge is 0.258 e. The summed E-state index contributed by atoms with van der Waals surface area (Å²) >= 11 is 1.46. The minimum absolute atomic E-state index is 0.00481. The number of thiophene rings is 1. The zero-order valence-corrected chi connectivity index (χ0v) is 15.9. The van der Waals surface area contributed by atoms with Gasteiger partial charge in [-0.1, -0.05) is 18.1 Å². The molecule has 0 atom stereocenters. The van der Waals surface area contributed by atoms with Crippen molar-refractivity contribution in [2.24, 2.45) is 0 Å². The van der Waals surface area contributed by atoms with Crippen LogP contribution in [0.2, 0.25) is 0 Å². The fourth-order valence-corrected chi connectivity index (χ4v) is 3.82. The van der Waals surface area contributed by atoms with Crippen LogP contribution in [-0.2, 0) is 13.0 Å². The van der Waals surface area contributed by atoms with Crippen LogP contribution in [0.15, 0.2) is 59.1 Å². The minimum atomic E-state index is -0.350. The second-order valence-corrected chi connectivity index (χ2v) is 7.22. The third-order valence-electron chi connectivity index (χ3n) is 4.16. The highest BCUT2D eigenvalue weighted by molar-refractivity contribution is 7.15. The summed E-state index contributed by atoms with van der Waals surface area (Å²) in [6.45, 7) is 2.04. The molecule has 7 heteroatoms. The van der Waals surface area contributed by atoms with E-state index >= 15 is 0 Å². The Morgan fingerprint density at radius 1 is 1.11 bits per heavy atom. The van der Waals surface area contributed by atoms with Gasteiger partial charge in [0.15, 0.2) is 0 Å². The van der Waals surface area contributed by atoms with Crippen molar-refractivity contribution >= 4 is 11.3 Å². The number of aliphatic hydroxyl groups excluding tert-OH is 1. The predicted octanol–water partition coefficient (Wildman–Crippen LogP) is 5.45. The lowest BCUT2D eigenvalue weighted by Gasteiger charge is -2.05. The van der Waals surface area contributed by atoms with E-state index in [1.54, 1.807) is 36.4 Å². The van der Waals surface area contributed by atoms with E-state index in [1.807, 2.05) is 13.0 Å². The van der Waals surface area contributed by atoms with Crippen molar-refractivity contribution in [1.29, 1.82) is 0 Å². The predicted molar refractivity (Wildman–Crippen MR) is 105 cm³/mol. The molecule has 4 aromatic rings. The lowest BCUT2D eigenvalue weighted by Crippen LogP contribution is -1.86. The SMILES string of the molecule is CCc1cc(CO)sc1-c1noc(-c2ccc(Oc3cccc(F)c3)cc2)n1. The van der Waals surface area contributed by atoms with Gasteiger partial charge in [0.05, 0.1) is 11.5 Å². The highest BCUT2D eigenvalue weighted by Crippen LogP contribution is 2.33. The highest BCUT2D eigenvalue weighted by Gasteiger charge is 2.16. The molecule has 0 saturated carbocycles. The normalized spacial score (nSPS) is 11.0. The fourth-order valence-electron chi connectivity index (χ4n) is 2.78. The minimum Gasteiger partial charge on any atom is -0.457 e. The second-order valence-electron chi connectivity index (χ2n) is 6.09. The number of ether oxygens (including phenoxy) is 1. The molecule has 0 aliphatic carbocycles. The Morgan fingerprint density at radius 3 is 2.64 bits per heavy atom. The lowest BCUT2D eigenvalue weighted by molar-refractivity contribution is 0.285. The van der Waals surface area contributed by atoms with Crippen LogP contribution in [0.3, 0.4) is 0 Å². The van der Waals surface area contributed by atoms with Gasteiger partial charge in [-0.2, -0.15) is 4.98 Å². The van der Waals surface area contributed by atoms with E-state index in [9.17, 15) is 9.50 Å². The van der Waals surface area contributed by atoms with E-state index in [2.05, 4.69) is 10.1 Å². The molecule has 0 aliphatic heterocycles. The van der Waals surface area contributed by atoms with Crippen molar-refractivity contribution in [2.75, 3.05) is 0 Å². The number of hydrogen-bond acceptors (Lipinski definition) is 6. The molecular weight excluding hydrogens is 379 g/mol. The van der Waals surface area contributed by atoms with Gasteiger partial charge >= 0.3 is 0 Å². The molecule has 142 valence electrons. The molecule has 4 rings (SSSR count). The molecule has 0 aliphatic rings. The molecule has 28 heavy (non-hydrogen) atoms. The number of nitrogens with zero attached hydrogens (tertiary/aromatic N) is 2. The van der Waals surface area contributed by atoms with Gasteiger partial charge in [0.1, 0.15) is 17.3 Å². The summed E-state index contributed by atoms with van der Waals surface area (Å²) in [5.74, 6) is 1.56. The number of aryl methyl sites for hydroxylation is 1. The van der Waals surface area contributed by atoms with Crippen molar-refractivity contribution in [3.8, 4) is 33.7 Å². The van der Waals surface area contributed by atoms with Crippen LogP contribution < -0.4 is 4.74 Å². The van der Waals surface area contributed by atoms with Crippen LogP contribution in [0, 0.1) is 5.82 Å². The van der Waals surface area contributed by atoms with Crippen LogP contribution in [0.4, 0.5) is 4.39 Å². The molecule has 2 aromatic heterocycles. The van der Waals surface area contributed by atoms with Crippen molar-refractivity contribution in [3.63, 3.8) is 0 Å². The van der Waals surface area contributed by atoms with Crippen LogP contribution in [-0.4, -0.2) is 15.2 Å². The summed E-state index contributed by atoms with van der Waals surface area (Å²) in [4.78, 5) is 6.27. The number of hydrogen-bond donors (Lipinski definition) is 1. The van der Waals surface area contributed by atoms with Gasteiger partial charge < -0.3 is 14.4 Å². The Labute approximate surface area is 165 Å². The molecular formula is C21H17FN2O3S. The molecule has 2 heterocycles. The van der Waals surface area contributed by atoms with E-state index < -0.39 is 0 Å². The quantitative estimate of drug-likeness (QED) is 0.469. The largest absolute Gasteiger partial charge is 0.457 e. The summed E-state index contributed by atoms with van der Waals surface area (Å²) in [6, 6.07) is 15.1. The second kappa shape index (κ2) is 7.92. The van der Waals surface area contributed by atoms with Crippen LogP contribution >= 0.6 is 11.3 Å². The van der Waals surface area contributed by atoms with Crippen LogP contribution in [0.5, 0.6) is 11.5 Å². The Balaban J connectivity index is 1.55. The van der Waals surface area contributed by atoms with Gasteiger partial charge in [0.2, 0.25) is 5.82 Å². The maximum atomic E-state index is 13.3. The Morgan fingerprint density at radius 2 is 1.93 bits per heavy atom. The molecule has 0 saturated heterocycles. The van der Waals surface area contributed by atoms with Crippen molar-refractivity contribution in [3.05, 3.63) is 70.9 Å². The average Bonchev–Trinajstić information content (AvgIpc) is 3.35. The first kappa shape index (κ1) is 18.3. The molecule has 2 aromatic carbocycles. The lowest BCUT2D eigenvalue weighted by atomic mass is 10.2. The molecule has 0 spiro atoms. The van der Waals surface area contributed by atoms with E-state index in [1.165, 1.54) is 23.5 Å². The summed E-state index contributed by atoms with van der Waals surface area (Å²) in [5.41, 5.74) is 1.84. The van der Waals surface area contributed by atoms with Crippen LogP contribution in [0.1, 0.15) is 17.4 Å². The van der Waals surface area contributed by atoms with Gasteiger partial charge in [0, 0.05) is 16.5 Å². The van der Waals surface area contributed by atoms with Gasteiger partial charge in [-0.3, -0.25) is 0 Å². The van der Waals surface area contributed by atoms with Crippen molar-refractivity contribution < 1.29 is 18.8 Å². The van der Waals surface area contributed by atoms with Gasteiger partial charge in [-0.05, 0) is 54.4 Å². The number of aliphatic hydroxyl groups is 1. The zero-order chi connectivity index (χ0) is 19.5. The topological polar surface area (TPSA) is 68.4 Å². The Hall–Kier alpha value is -3.03. The molecule has 0 amide bonds. The van der Waals surface area contributed by atoms with E-state index in [0.717, 1.165) is 27.3 Å². The summed E-state index contributed by atoms with van der Waals surface area (Å²) < 4.78 is 24.3. The Kier molecular flexibility index (Phi) is 5.18. The summed E-state index contributed by atoms with van der Waals surface area (Å²) in [7, 11) is 0. The standard InChI is InChI=1S/C21H17FN2O3S/c1-2-13-10-18(12-25)28-19(13)20-23-21(27-24-20)14-6-8-16(9-7-14)26-17-5-3-4-15(22)11-17/h3-11,25H,2,12H2,1H3. The molecule has 0 fully saturated rings. The van der Waals surface area contributed by atoms with Gasteiger partial charge in [-0.15, -0.1) is 11.3 Å². The maximum Gasteiger partial charge on any atom is 0.258 e. The molecule has 0 unspecified atom stereocenters. The van der Waals surface area contributed by atoms with E-state index in [0.29, 0.717) is 23.2 Å². The van der Waals surface area contributed by atoms with Gasteiger partial charge in [-0.25, -0.2) is 4.39 Å². The maximum absolute atomic E-state index is 13.3. The van der Waals surface area contributed by atoms with E-state index in [4.69, 9.17) is 9.26 Å². The number of rotatable bonds is 6. The van der Waals surface area contributed by atoms with Crippen molar-refractivity contribution in [2.45, 2.75) is 20.0 Å². The first-order chi connectivity index (χ1) is 13.7. The molecule has 0 radical (unpaired) electrons. The average molecular weight is 396 g/mol. The molecule has 1 N–H and O–H groups in total. The zero-order valence-electron chi connectivity index (χ0n) is 15.1. The number of halogens is 1. The number of aromatic nitrogens is 2. The summed E-state index contributed by atoms with van der Waals surface area (Å²) in [6.07, 6.45) is 0.821. The fraction of sp³-hybridized carbons (Fsp3) is 0.143. The van der Waals surface area contributed by atoms with E-state index in [-0.39, 0.29) is 12.4 Å². The van der Waals surface area contributed by atoms with Crippen LogP contribution in [0.25, 0.3) is 22.2 Å². The molecule has 0 bridgehead atoms. The van der Waals surface area contributed by atoms with Gasteiger partial charge in [0.25, 0.3) is 5.89 Å². The third-order valence-corrected chi connectivity index (χ3v) is 5.32. The monoisotopic (exact) mass is 396 g/mol. The first-order valence-corrected chi connectivity index (χ1v) is 9.58.